The van der Waals surface area contributed by atoms with Crippen molar-refractivity contribution in [2.45, 2.75) is 97.7 Å². The van der Waals surface area contributed by atoms with Crippen LogP contribution in [0.4, 0.5) is 0 Å². The van der Waals surface area contributed by atoms with Crippen LogP contribution in [0.25, 0.3) is 0 Å². The molecule has 0 aromatic heterocycles. The highest BCUT2D eigenvalue weighted by molar-refractivity contribution is 5.73. The molecule has 1 saturated heterocycles. The van der Waals surface area contributed by atoms with Gasteiger partial charge in [-0.2, -0.15) is 0 Å². The lowest BCUT2D eigenvalue weighted by Gasteiger charge is -2.64. The summed E-state index contributed by atoms with van der Waals surface area (Å²) in [5.41, 5.74) is 1.72. The first-order valence-corrected chi connectivity index (χ1v) is 12.5. The van der Waals surface area contributed by atoms with Crippen molar-refractivity contribution in [3.05, 3.63) is 11.6 Å². The molecule has 0 aromatic rings. The van der Waals surface area contributed by atoms with Gasteiger partial charge in [0.15, 0.2) is 0 Å². The predicted molar refractivity (Wildman–Crippen MR) is 120 cm³/mol. The molecule has 0 bridgehead atoms. The zero-order chi connectivity index (χ0) is 22.4. The van der Waals surface area contributed by atoms with Gasteiger partial charge in [0.2, 0.25) is 0 Å². The molecule has 4 aliphatic carbocycles. The highest BCUT2D eigenvalue weighted by atomic mass is 16.6. The number of methoxy groups -OCH3 is 1. The Hall–Kier alpha value is -0.870. The summed E-state index contributed by atoms with van der Waals surface area (Å²) in [4.78, 5) is 12.1. The molecule has 4 fully saturated rings. The van der Waals surface area contributed by atoms with Crippen molar-refractivity contribution < 1.29 is 19.4 Å². The van der Waals surface area contributed by atoms with E-state index in [1.807, 2.05) is 0 Å². The lowest BCUT2D eigenvalue weighted by Crippen LogP contribution is -2.59. The fourth-order valence-corrected chi connectivity index (χ4v) is 9.58. The number of esters is 1. The summed E-state index contributed by atoms with van der Waals surface area (Å²) >= 11 is 0. The number of hydrogen-bond acceptors (Lipinski definition) is 4. The molecule has 0 aromatic carbocycles. The normalized spacial score (nSPS) is 53.3. The van der Waals surface area contributed by atoms with E-state index >= 15 is 0 Å². The Labute approximate surface area is 188 Å². The molecule has 31 heavy (non-hydrogen) atoms. The lowest BCUT2D eigenvalue weighted by atomic mass is 9.41. The Bertz CT molecular complexity index is 816. The minimum atomic E-state index is -0.463. The van der Waals surface area contributed by atoms with Gasteiger partial charge in [0.05, 0.1) is 12.5 Å². The van der Waals surface area contributed by atoms with Gasteiger partial charge in [0, 0.05) is 7.11 Å². The summed E-state index contributed by atoms with van der Waals surface area (Å²) < 4.78 is 11.6. The molecular weight excluding hydrogens is 388 g/mol. The minimum Gasteiger partial charge on any atom is -0.462 e. The van der Waals surface area contributed by atoms with E-state index in [0.717, 1.165) is 25.7 Å². The van der Waals surface area contributed by atoms with Crippen LogP contribution in [0, 0.1) is 39.4 Å². The van der Waals surface area contributed by atoms with E-state index in [-0.39, 0.29) is 33.7 Å². The molecule has 0 unspecified atom stereocenters. The summed E-state index contributed by atoms with van der Waals surface area (Å²) in [7, 11) is 1.77. The van der Waals surface area contributed by atoms with Crippen molar-refractivity contribution >= 4 is 5.97 Å². The number of ether oxygens (including phenoxy) is 2. The fraction of sp³-hybridized carbons (Fsp3) is 0.889. The molecule has 5 aliphatic rings. The summed E-state index contributed by atoms with van der Waals surface area (Å²) in [5, 5.41) is 10.8. The number of fused-ring (bicyclic) bond motifs is 5. The number of allylic oxidation sites excluding steroid dienone is 2. The molecule has 1 aliphatic heterocycles. The Kier molecular flexibility index (Phi) is 4.67. The first-order valence-electron chi connectivity index (χ1n) is 12.5. The zero-order valence-corrected chi connectivity index (χ0v) is 20.4. The molecular formula is C27H42O4. The number of carbonyl (C=O) groups is 1. The number of hydrogen-bond donors (Lipinski definition) is 1. The van der Waals surface area contributed by atoms with Crippen molar-refractivity contribution in [2.24, 2.45) is 39.4 Å². The molecule has 5 rings (SSSR count). The zero-order valence-electron chi connectivity index (χ0n) is 20.4. The molecule has 1 N–H and O–H groups in total. The van der Waals surface area contributed by atoms with Crippen LogP contribution in [0.2, 0.25) is 0 Å². The third-order valence-electron chi connectivity index (χ3n) is 11.8. The van der Waals surface area contributed by atoms with Crippen molar-refractivity contribution in [2.75, 3.05) is 13.7 Å². The van der Waals surface area contributed by atoms with Gasteiger partial charge < -0.3 is 14.6 Å². The first kappa shape index (κ1) is 21.9. The Morgan fingerprint density at radius 2 is 1.77 bits per heavy atom. The number of cyclic esters (lactones) is 1. The summed E-state index contributed by atoms with van der Waals surface area (Å²) in [6.45, 7) is 12.5. The second-order valence-electron chi connectivity index (χ2n) is 12.9. The third kappa shape index (κ3) is 2.58. The lowest BCUT2D eigenvalue weighted by molar-refractivity contribution is -0.145. The van der Waals surface area contributed by atoms with Crippen molar-refractivity contribution in [3.8, 4) is 0 Å². The maximum atomic E-state index is 12.1. The van der Waals surface area contributed by atoms with Gasteiger partial charge in [-0.3, -0.25) is 4.79 Å². The van der Waals surface area contributed by atoms with Gasteiger partial charge in [-0.1, -0.05) is 46.3 Å². The van der Waals surface area contributed by atoms with Crippen LogP contribution in [0.15, 0.2) is 11.6 Å². The summed E-state index contributed by atoms with van der Waals surface area (Å²) in [5.74, 6) is 1.38. The van der Waals surface area contributed by atoms with E-state index < -0.39 is 5.60 Å². The number of aliphatic hydroxyl groups excluding tert-OH is 1. The smallest absolute Gasteiger partial charge is 0.308 e. The molecule has 4 nitrogen and oxygen atoms in total. The predicted octanol–water partition coefficient (Wildman–Crippen LogP) is 5.28. The number of aliphatic hydroxyl groups is 1. The molecule has 4 heteroatoms. The molecule has 3 saturated carbocycles. The quantitative estimate of drug-likeness (QED) is 0.478. The Balaban J connectivity index is 1.54. The average molecular weight is 431 g/mol. The van der Waals surface area contributed by atoms with E-state index in [9.17, 15) is 9.90 Å². The van der Waals surface area contributed by atoms with Crippen molar-refractivity contribution in [3.63, 3.8) is 0 Å². The molecule has 174 valence electrons. The second-order valence-corrected chi connectivity index (χ2v) is 12.9. The monoisotopic (exact) mass is 430 g/mol. The van der Waals surface area contributed by atoms with E-state index in [2.05, 4.69) is 40.7 Å². The van der Waals surface area contributed by atoms with Crippen LogP contribution in [0.1, 0.15) is 86.0 Å². The molecule has 0 radical (unpaired) electrons. The molecule has 0 amide bonds. The topological polar surface area (TPSA) is 55.8 Å². The van der Waals surface area contributed by atoms with Gasteiger partial charge in [0.1, 0.15) is 12.2 Å². The average Bonchev–Trinajstić information content (AvgIpc) is 3.23. The van der Waals surface area contributed by atoms with Crippen LogP contribution in [-0.4, -0.2) is 36.5 Å². The van der Waals surface area contributed by atoms with Gasteiger partial charge in [-0.25, -0.2) is 0 Å². The van der Waals surface area contributed by atoms with Crippen LogP contribution in [-0.2, 0) is 14.3 Å². The third-order valence-corrected chi connectivity index (χ3v) is 11.8. The van der Waals surface area contributed by atoms with E-state index in [4.69, 9.17) is 9.47 Å². The highest BCUT2D eigenvalue weighted by Crippen LogP contribution is 2.74. The summed E-state index contributed by atoms with van der Waals surface area (Å²) in [6.07, 6.45) is 10.6. The summed E-state index contributed by atoms with van der Waals surface area (Å²) in [6, 6.07) is 0. The molecule has 1 heterocycles. The Morgan fingerprint density at radius 3 is 2.42 bits per heavy atom. The van der Waals surface area contributed by atoms with Gasteiger partial charge in [0.25, 0.3) is 0 Å². The maximum Gasteiger partial charge on any atom is 0.308 e. The maximum absolute atomic E-state index is 12.1. The minimum absolute atomic E-state index is 0.0312. The SMILES string of the molecule is CO[C@@]1([C@@H]2CC[C@]3(C)C4=CC[C@H]5C(C)(C)[C@H](O)CC[C@]5(C)[C@H]4CC[C@@]23C)COC(=O)C1. The van der Waals surface area contributed by atoms with Gasteiger partial charge >= 0.3 is 5.97 Å². The molecule has 0 spiro atoms. The van der Waals surface area contributed by atoms with Crippen LogP contribution >= 0.6 is 0 Å². The van der Waals surface area contributed by atoms with Crippen LogP contribution < -0.4 is 0 Å². The number of carbonyl (C=O) groups excluding carboxylic acids is 1. The van der Waals surface area contributed by atoms with E-state index in [1.165, 1.54) is 19.3 Å². The first-order chi connectivity index (χ1) is 14.4. The van der Waals surface area contributed by atoms with Crippen LogP contribution in [0.5, 0.6) is 0 Å². The van der Waals surface area contributed by atoms with Crippen LogP contribution in [0.3, 0.4) is 0 Å². The van der Waals surface area contributed by atoms with Crippen molar-refractivity contribution in [1.29, 1.82) is 0 Å². The standard InChI is InChI=1S/C27H42O4/c1-23(2)19-8-7-18-17(24(19,3)12-11-21(23)28)9-13-26(5)20(10-14-25(18,26)4)27(30-6)15-22(29)31-16-27/h7,17,19-21,28H,8-16H2,1-6H3/t17-,19-,20+,21+,24+,25+,26-,27+/m0/s1. The van der Waals surface area contributed by atoms with Gasteiger partial charge in [-0.15, -0.1) is 0 Å². The largest absolute Gasteiger partial charge is 0.462 e. The second kappa shape index (κ2) is 6.59. The molecule has 8 atom stereocenters. The fourth-order valence-electron chi connectivity index (χ4n) is 9.58. The van der Waals surface area contributed by atoms with Crippen molar-refractivity contribution in [1.82, 2.24) is 0 Å². The number of rotatable bonds is 2. The van der Waals surface area contributed by atoms with E-state index in [0.29, 0.717) is 30.8 Å². The van der Waals surface area contributed by atoms with E-state index in [1.54, 1.807) is 12.7 Å². The Morgan fingerprint density at radius 1 is 1.03 bits per heavy atom. The van der Waals surface area contributed by atoms with Gasteiger partial charge in [-0.05, 0) is 84.4 Å². The highest BCUT2D eigenvalue weighted by Gasteiger charge is 2.68.